The third-order valence-electron chi connectivity index (χ3n) is 4.93. The van der Waals surface area contributed by atoms with Gasteiger partial charge in [0.15, 0.2) is 0 Å². The van der Waals surface area contributed by atoms with Crippen molar-refractivity contribution in [1.82, 2.24) is 15.1 Å². The van der Waals surface area contributed by atoms with Crippen molar-refractivity contribution in [3.05, 3.63) is 18.2 Å². The van der Waals surface area contributed by atoms with Gasteiger partial charge in [0.1, 0.15) is 12.4 Å². The normalized spacial score (nSPS) is 19.1. The molecular weight excluding hydrogens is 302 g/mol. The summed E-state index contributed by atoms with van der Waals surface area (Å²) in [6.45, 7) is 10.8. The molecule has 0 atom stereocenters. The predicted octanol–water partition coefficient (Wildman–Crippen LogP) is 0.695. The van der Waals surface area contributed by atoms with Crippen LogP contribution in [-0.2, 0) is 0 Å². The van der Waals surface area contributed by atoms with E-state index in [4.69, 9.17) is 10.5 Å². The average Bonchev–Trinajstić information content (AvgIpc) is 2.59. The van der Waals surface area contributed by atoms with E-state index < -0.39 is 0 Å². The van der Waals surface area contributed by atoms with Crippen LogP contribution in [0.2, 0.25) is 0 Å². The van der Waals surface area contributed by atoms with Gasteiger partial charge in [0.2, 0.25) is 0 Å². The summed E-state index contributed by atoms with van der Waals surface area (Å²) in [5, 5.41) is 3.58. The predicted molar refractivity (Wildman–Crippen MR) is 100.0 cm³/mol. The molecule has 0 spiro atoms. The van der Waals surface area contributed by atoms with Crippen molar-refractivity contribution < 1.29 is 4.74 Å². The molecule has 2 aliphatic heterocycles. The van der Waals surface area contributed by atoms with Crippen LogP contribution in [0, 0.1) is 0 Å². The fourth-order valence-electron chi connectivity index (χ4n) is 3.36. The van der Waals surface area contributed by atoms with Crippen LogP contribution in [0.1, 0.15) is 6.42 Å². The highest BCUT2D eigenvalue weighted by Crippen LogP contribution is 2.32. The molecule has 2 heterocycles. The van der Waals surface area contributed by atoms with Gasteiger partial charge in [-0.15, -0.1) is 0 Å². The zero-order valence-corrected chi connectivity index (χ0v) is 14.8. The zero-order chi connectivity index (χ0) is 16.8. The SMILES string of the molecule is CN1CCN(CCCNCCN2CCOc3cc(N)ccc32)CC1. The van der Waals surface area contributed by atoms with Gasteiger partial charge < -0.3 is 30.5 Å². The molecule has 6 nitrogen and oxygen atoms in total. The molecule has 0 unspecified atom stereocenters. The van der Waals surface area contributed by atoms with Crippen molar-refractivity contribution in [2.75, 3.05) is 83.2 Å². The van der Waals surface area contributed by atoms with Crippen LogP contribution >= 0.6 is 0 Å². The van der Waals surface area contributed by atoms with Gasteiger partial charge in [0, 0.05) is 51.0 Å². The first-order valence-electron chi connectivity index (χ1n) is 9.11. The largest absolute Gasteiger partial charge is 0.489 e. The molecule has 0 aromatic heterocycles. The van der Waals surface area contributed by atoms with Crippen molar-refractivity contribution in [3.63, 3.8) is 0 Å². The maximum Gasteiger partial charge on any atom is 0.144 e. The topological polar surface area (TPSA) is 57.0 Å². The maximum atomic E-state index is 5.83. The van der Waals surface area contributed by atoms with Crippen molar-refractivity contribution in [2.24, 2.45) is 0 Å². The number of rotatable bonds is 7. The summed E-state index contributed by atoms with van der Waals surface area (Å²) in [4.78, 5) is 7.36. The standard InChI is InChI=1S/C18H31N5O/c1-21-9-11-22(12-10-21)7-2-5-20-6-8-23-13-14-24-18-15-16(19)3-4-17(18)23/h3-4,15,20H,2,5-14,19H2,1H3. The molecule has 134 valence electrons. The number of hydrogen-bond donors (Lipinski definition) is 2. The van der Waals surface area contributed by atoms with Crippen molar-refractivity contribution in [1.29, 1.82) is 0 Å². The molecule has 0 bridgehead atoms. The average molecular weight is 333 g/mol. The third-order valence-corrected chi connectivity index (χ3v) is 4.93. The molecule has 3 N–H and O–H groups in total. The Morgan fingerprint density at radius 1 is 1.08 bits per heavy atom. The van der Waals surface area contributed by atoms with E-state index >= 15 is 0 Å². The maximum absolute atomic E-state index is 5.83. The van der Waals surface area contributed by atoms with Crippen LogP contribution < -0.4 is 20.7 Å². The lowest BCUT2D eigenvalue weighted by Crippen LogP contribution is -2.45. The fourth-order valence-corrected chi connectivity index (χ4v) is 3.36. The third kappa shape index (κ3) is 4.75. The molecule has 1 aromatic rings. The van der Waals surface area contributed by atoms with Gasteiger partial charge in [-0.2, -0.15) is 0 Å². The molecule has 1 aromatic carbocycles. The number of likely N-dealkylation sites (N-methyl/N-ethyl adjacent to an activating group) is 1. The first kappa shape index (κ1) is 17.3. The van der Waals surface area contributed by atoms with Gasteiger partial charge in [-0.05, 0) is 38.7 Å². The Labute approximate surface area is 145 Å². The quantitative estimate of drug-likeness (QED) is 0.566. The first-order valence-corrected chi connectivity index (χ1v) is 9.11. The van der Waals surface area contributed by atoms with E-state index in [-0.39, 0.29) is 0 Å². The lowest BCUT2D eigenvalue weighted by Gasteiger charge is -2.32. The van der Waals surface area contributed by atoms with Gasteiger partial charge in [-0.1, -0.05) is 0 Å². The summed E-state index contributed by atoms with van der Waals surface area (Å²) in [6.07, 6.45) is 1.22. The number of nitrogens with one attached hydrogen (secondary N) is 1. The summed E-state index contributed by atoms with van der Waals surface area (Å²) in [6, 6.07) is 5.94. The number of piperazine rings is 1. The number of anilines is 2. The molecular formula is C18H31N5O. The Morgan fingerprint density at radius 2 is 1.92 bits per heavy atom. The summed E-state index contributed by atoms with van der Waals surface area (Å²) >= 11 is 0. The second-order valence-corrected chi connectivity index (χ2v) is 6.81. The van der Waals surface area contributed by atoms with E-state index in [0.29, 0.717) is 0 Å². The molecule has 1 saturated heterocycles. The summed E-state index contributed by atoms with van der Waals surface area (Å²) in [5.41, 5.74) is 7.76. The minimum atomic E-state index is 0.736. The minimum Gasteiger partial charge on any atom is -0.489 e. The molecule has 0 saturated carbocycles. The Morgan fingerprint density at radius 3 is 2.75 bits per heavy atom. The molecule has 0 amide bonds. The second-order valence-electron chi connectivity index (χ2n) is 6.81. The highest BCUT2D eigenvalue weighted by atomic mass is 16.5. The number of benzene rings is 1. The molecule has 0 radical (unpaired) electrons. The van der Waals surface area contributed by atoms with Crippen LogP contribution in [-0.4, -0.2) is 82.4 Å². The van der Waals surface area contributed by atoms with Gasteiger partial charge >= 0.3 is 0 Å². The van der Waals surface area contributed by atoms with E-state index in [2.05, 4.69) is 33.1 Å². The number of fused-ring (bicyclic) bond motifs is 1. The van der Waals surface area contributed by atoms with E-state index in [1.54, 1.807) is 0 Å². The Hall–Kier alpha value is -1.50. The molecule has 0 aliphatic carbocycles. The van der Waals surface area contributed by atoms with Crippen LogP contribution in [0.25, 0.3) is 0 Å². The van der Waals surface area contributed by atoms with Crippen molar-refractivity contribution in [3.8, 4) is 5.75 Å². The zero-order valence-electron chi connectivity index (χ0n) is 14.8. The lowest BCUT2D eigenvalue weighted by molar-refractivity contribution is 0.153. The Bertz CT molecular complexity index is 516. The van der Waals surface area contributed by atoms with E-state index in [9.17, 15) is 0 Å². The second kappa shape index (κ2) is 8.55. The number of hydrogen-bond acceptors (Lipinski definition) is 6. The number of ether oxygens (including phenoxy) is 1. The van der Waals surface area contributed by atoms with Gasteiger partial charge in [0.25, 0.3) is 0 Å². The number of nitrogens with two attached hydrogens (primary N) is 1. The Kier molecular flexibility index (Phi) is 6.18. The monoisotopic (exact) mass is 333 g/mol. The van der Waals surface area contributed by atoms with Crippen LogP contribution in [0.15, 0.2) is 18.2 Å². The highest BCUT2D eigenvalue weighted by molar-refractivity contribution is 5.65. The smallest absolute Gasteiger partial charge is 0.144 e. The van der Waals surface area contributed by atoms with Gasteiger partial charge in [0.05, 0.1) is 12.2 Å². The summed E-state index contributed by atoms with van der Waals surface area (Å²) < 4.78 is 5.70. The summed E-state index contributed by atoms with van der Waals surface area (Å²) in [7, 11) is 2.21. The molecule has 6 heteroatoms. The van der Waals surface area contributed by atoms with Crippen LogP contribution in [0.3, 0.4) is 0 Å². The van der Waals surface area contributed by atoms with Gasteiger partial charge in [-0.3, -0.25) is 0 Å². The molecule has 1 fully saturated rings. The van der Waals surface area contributed by atoms with Crippen molar-refractivity contribution in [2.45, 2.75) is 6.42 Å². The van der Waals surface area contributed by atoms with E-state index in [0.717, 1.165) is 49.9 Å². The minimum absolute atomic E-state index is 0.736. The molecule has 2 aliphatic rings. The summed E-state index contributed by atoms with van der Waals surface area (Å²) in [5.74, 6) is 0.913. The molecule has 3 rings (SSSR count). The first-order chi connectivity index (χ1) is 11.7. The number of nitrogen functional groups attached to an aromatic ring is 1. The van der Waals surface area contributed by atoms with E-state index in [1.807, 2.05) is 12.1 Å². The van der Waals surface area contributed by atoms with E-state index in [1.165, 1.54) is 39.1 Å². The van der Waals surface area contributed by atoms with Crippen LogP contribution in [0.4, 0.5) is 11.4 Å². The molecule has 24 heavy (non-hydrogen) atoms. The Balaban J connectivity index is 1.32. The van der Waals surface area contributed by atoms with Crippen molar-refractivity contribution >= 4 is 11.4 Å². The lowest BCUT2D eigenvalue weighted by atomic mass is 10.2. The fraction of sp³-hybridized carbons (Fsp3) is 0.667. The van der Waals surface area contributed by atoms with Crippen LogP contribution in [0.5, 0.6) is 5.75 Å². The number of nitrogens with zero attached hydrogens (tertiary/aromatic N) is 3. The van der Waals surface area contributed by atoms with Gasteiger partial charge in [-0.25, -0.2) is 0 Å². The highest BCUT2D eigenvalue weighted by Gasteiger charge is 2.17.